The van der Waals surface area contributed by atoms with Gasteiger partial charge >= 0.3 is 0 Å². The van der Waals surface area contributed by atoms with E-state index in [0.717, 1.165) is 32.6 Å². The molecule has 72 heavy (non-hydrogen) atoms. The Morgan fingerprint density at radius 2 is 0.903 bits per heavy atom. The molecule has 0 saturated carbocycles. The van der Waals surface area contributed by atoms with Crippen molar-refractivity contribution in [2.75, 3.05) is 13.2 Å². The third-order valence-electron chi connectivity index (χ3n) is 14.0. The number of aliphatic hydroxyl groups is 2. The van der Waals surface area contributed by atoms with Crippen molar-refractivity contribution in [2.45, 2.75) is 139 Å². The zero-order valence-electron chi connectivity index (χ0n) is 42.0. The van der Waals surface area contributed by atoms with Gasteiger partial charge in [-0.2, -0.15) is 0 Å². The summed E-state index contributed by atoms with van der Waals surface area (Å²) in [5.74, 6) is -1.07. The van der Waals surface area contributed by atoms with Gasteiger partial charge in [0.2, 0.25) is 0 Å². The quantitative estimate of drug-likeness (QED) is 0.0719. The number of benzene rings is 6. The smallest absolute Gasteiger partial charge is 0.261 e. The zero-order chi connectivity index (χ0) is 50.1. The Morgan fingerprint density at radius 3 is 1.38 bits per heavy atom. The predicted octanol–water partition coefficient (Wildman–Crippen LogP) is 8.31. The highest BCUT2D eigenvalue weighted by molar-refractivity contribution is 6.99. The molecule has 0 aliphatic carbocycles. The van der Waals surface area contributed by atoms with E-state index in [4.69, 9.17) is 42.3 Å². The largest absolute Gasteiger partial charge is 0.405 e. The molecule has 380 valence electrons. The van der Waals surface area contributed by atoms with E-state index in [1.165, 1.54) is 0 Å². The van der Waals surface area contributed by atoms with E-state index in [0.29, 0.717) is 6.61 Å². The molecule has 0 spiro atoms. The third-order valence-corrected chi connectivity index (χ3v) is 19.0. The highest BCUT2D eigenvalue weighted by Crippen LogP contribution is 2.43. The summed E-state index contributed by atoms with van der Waals surface area (Å²) in [5, 5.41) is 27.6. The molecule has 2 N–H and O–H groups in total. The van der Waals surface area contributed by atoms with Crippen LogP contribution in [0.25, 0.3) is 0 Å². The minimum Gasteiger partial charge on any atom is -0.405 e. The minimum atomic E-state index is -3.09. The minimum absolute atomic E-state index is 0.0808. The van der Waals surface area contributed by atoms with Crippen LogP contribution >= 0.6 is 0 Å². The molecular formula is C60H70O11Si. The predicted molar refractivity (Wildman–Crippen MR) is 278 cm³/mol. The van der Waals surface area contributed by atoms with Gasteiger partial charge in [-0.15, -0.1) is 0 Å². The van der Waals surface area contributed by atoms with Gasteiger partial charge < -0.3 is 52.5 Å². The van der Waals surface area contributed by atoms with Gasteiger partial charge in [0.05, 0.1) is 39.6 Å². The summed E-state index contributed by atoms with van der Waals surface area (Å²) in [5.41, 5.74) is 3.82. The Bertz CT molecular complexity index is 2500. The molecule has 6 aromatic rings. The Balaban J connectivity index is 1.09. The van der Waals surface area contributed by atoms with Gasteiger partial charge in [-0.1, -0.05) is 203 Å². The van der Waals surface area contributed by atoms with Crippen LogP contribution in [-0.4, -0.2) is 105 Å². The molecule has 0 bridgehead atoms. The van der Waals surface area contributed by atoms with Crippen molar-refractivity contribution in [1.82, 2.24) is 0 Å². The molecule has 0 aromatic heterocycles. The fourth-order valence-corrected chi connectivity index (χ4v) is 15.2. The molecule has 3 saturated heterocycles. The van der Waals surface area contributed by atoms with E-state index in [1.54, 1.807) is 0 Å². The summed E-state index contributed by atoms with van der Waals surface area (Å²) >= 11 is 0. The van der Waals surface area contributed by atoms with Crippen molar-refractivity contribution in [1.29, 1.82) is 0 Å². The lowest BCUT2D eigenvalue weighted by Gasteiger charge is -2.50. The lowest BCUT2D eigenvalue weighted by molar-refractivity contribution is -0.306. The molecule has 3 aliphatic heterocycles. The van der Waals surface area contributed by atoms with Crippen molar-refractivity contribution in [3.63, 3.8) is 0 Å². The van der Waals surface area contributed by atoms with E-state index in [9.17, 15) is 10.2 Å². The number of ether oxygens (including phenoxy) is 8. The highest BCUT2D eigenvalue weighted by Gasteiger charge is 2.60. The van der Waals surface area contributed by atoms with Crippen LogP contribution in [0.4, 0.5) is 0 Å². The molecule has 11 atom stereocenters. The van der Waals surface area contributed by atoms with Crippen LogP contribution < -0.4 is 10.4 Å². The summed E-state index contributed by atoms with van der Waals surface area (Å²) in [6.45, 7) is 11.4. The second-order valence-electron chi connectivity index (χ2n) is 20.6. The van der Waals surface area contributed by atoms with Crippen molar-refractivity contribution in [2.24, 2.45) is 0 Å². The summed E-state index contributed by atoms with van der Waals surface area (Å²) in [7, 11) is -3.09. The first-order chi connectivity index (χ1) is 34.9. The second kappa shape index (κ2) is 23.5. The molecular weight excluding hydrogens is 925 g/mol. The second-order valence-corrected chi connectivity index (χ2v) is 24.9. The maximum absolute atomic E-state index is 13.2. The van der Waals surface area contributed by atoms with Gasteiger partial charge in [-0.3, -0.25) is 0 Å². The Hall–Kier alpha value is -4.90. The van der Waals surface area contributed by atoms with Crippen molar-refractivity contribution >= 4 is 18.7 Å². The van der Waals surface area contributed by atoms with E-state index >= 15 is 0 Å². The van der Waals surface area contributed by atoms with Crippen LogP contribution in [0.5, 0.6) is 0 Å². The van der Waals surface area contributed by atoms with Crippen molar-refractivity contribution < 1.29 is 52.5 Å². The van der Waals surface area contributed by atoms with Crippen molar-refractivity contribution in [3.8, 4) is 0 Å². The van der Waals surface area contributed by atoms with E-state index in [2.05, 4.69) is 69.3 Å². The Kier molecular flexibility index (Phi) is 17.0. The summed E-state index contributed by atoms with van der Waals surface area (Å²) in [4.78, 5) is 0. The summed E-state index contributed by atoms with van der Waals surface area (Å²) in [6.07, 6.45) is -10.9. The number of aliphatic hydroxyl groups excluding tert-OH is 2. The van der Waals surface area contributed by atoms with Gasteiger partial charge in [0.1, 0.15) is 67.1 Å². The molecule has 9 rings (SSSR count). The van der Waals surface area contributed by atoms with Gasteiger partial charge in [-0.25, -0.2) is 0 Å². The van der Waals surface area contributed by atoms with Crippen LogP contribution in [0, 0.1) is 0 Å². The molecule has 11 nitrogen and oxygen atoms in total. The van der Waals surface area contributed by atoms with Gasteiger partial charge in [0.15, 0.2) is 5.79 Å². The van der Waals surface area contributed by atoms with Gasteiger partial charge in [0.25, 0.3) is 8.32 Å². The number of rotatable bonds is 20. The standard InChI is InChI=1S/C60H70O11Si/c1-59(2,3)72(46-32-20-10-21-33-46,47-34-22-11-23-35-47)67-41-49-53-56(71-60(4,5)70-53)51(62)54(68-49)50(61)55-58(66-39-45-30-18-9-19-31-45)57(65-38-44-28-16-8-17-29-44)52(64-37-43-26-14-7-15-27-43)48(69-55)40-63-36-42-24-12-6-13-25-42/h6-35,48-58,61-62H,36-41H2,1-5H3/t48-,49-,50-,51+,52-,53+,54+,55-,56-,57+,58-/m1/s1. The number of fused-ring (bicyclic) bond motifs is 1. The maximum atomic E-state index is 13.2. The molecule has 3 fully saturated rings. The molecule has 12 heteroatoms. The number of hydrogen-bond acceptors (Lipinski definition) is 11. The van der Waals surface area contributed by atoms with Crippen LogP contribution in [0.3, 0.4) is 0 Å². The normalized spacial score (nSPS) is 26.7. The first-order valence-electron chi connectivity index (χ1n) is 25.3. The van der Waals surface area contributed by atoms with Crippen LogP contribution in [0.2, 0.25) is 5.04 Å². The highest BCUT2D eigenvalue weighted by atomic mass is 28.4. The summed E-state index contributed by atoms with van der Waals surface area (Å²) < 4.78 is 62.1. The fourth-order valence-electron chi connectivity index (χ4n) is 10.6. The summed E-state index contributed by atoms with van der Waals surface area (Å²) in [6, 6.07) is 60.5. The SMILES string of the molecule is CC1(C)O[C@@H]2[C@@H](O)[C@H]([C@@H](O)[C@H]3O[C@H](COCc4ccccc4)[C@@H](OCc4ccccc4)[C@H](OCc4ccccc4)[C@@H]3OCc3ccccc3)O[C@H](CO[Si](c3ccccc3)(c3ccccc3)C(C)(C)C)[C@@H]2O1. The first kappa shape index (κ1) is 52.0. The van der Waals surface area contributed by atoms with Crippen LogP contribution in [0.1, 0.15) is 56.9 Å². The van der Waals surface area contributed by atoms with Gasteiger partial charge in [-0.05, 0) is 51.5 Å². The van der Waals surface area contributed by atoms with E-state index < -0.39 is 81.2 Å². The van der Waals surface area contributed by atoms with Crippen molar-refractivity contribution in [3.05, 3.63) is 204 Å². The maximum Gasteiger partial charge on any atom is 0.261 e. The fraction of sp³-hybridized carbons (Fsp3) is 0.400. The molecule has 3 heterocycles. The van der Waals surface area contributed by atoms with Crippen LogP contribution in [0.15, 0.2) is 182 Å². The van der Waals surface area contributed by atoms with Crippen LogP contribution in [-0.2, 0) is 68.7 Å². The Labute approximate surface area is 426 Å². The lowest BCUT2D eigenvalue weighted by atomic mass is 9.85. The van der Waals surface area contributed by atoms with E-state index in [1.807, 2.05) is 147 Å². The monoisotopic (exact) mass is 994 g/mol. The Morgan fingerprint density at radius 1 is 0.500 bits per heavy atom. The molecule has 0 radical (unpaired) electrons. The molecule has 0 unspecified atom stereocenters. The average Bonchev–Trinajstić information content (AvgIpc) is 3.74. The van der Waals surface area contributed by atoms with Gasteiger partial charge in [0, 0.05) is 0 Å². The lowest BCUT2D eigenvalue weighted by Crippen LogP contribution is -2.70. The van der Waals surface area contributed by atoms with E-state index in [-0.39, 0.29) is 38.1 Å². The zero-order valence-corrected chi connectivity index (χ0v) is 43.0. The molecule has 0 amide bonds. The average molecular weight is 995 g/mol. The first-order valence-corrected chi connectivity index (χ1v) is 27.2. The number of hydrogen-bond donors (Lipinski definition) is 2. The topological polar surface area (TPSA) is 124 Å². The molecule has 3 aliphatic rings. The third kappa shape index (κ3) is 12.0. The molecule has 6 aromatic carbocycles.